The Balaban J connectivity index is 0.000000922. The summed E-state index contributed by atoms with van der Waals surface area (Å²) in [5, 5.41) is 9.05. The van der Waals surface area contributed by atoms with Crippen LogP contribution in [0.15, 0.2) is 11.8 Å². The summed E-state index contributed by atoms with van der Waals surface area (Å²) in [7, 11) is -4.64. The molecule has 1 fully saturated rings. The molecule has 0 aromatic carbocycles. The standard InChI is InChI=1S/C14H26O5.H3O4P/c1-3-8-13(4-2)15-11-12-16-18-19-17-14-9-6-5-7-10-14;1-5(2,3)4/h4,14H,3,5-12H2,1-2H3;(H3,1,2,3,4). The van der Waals surface area contributed by atoms with Gasteiger partial charge in [0.05, 0.1) is 11.9 Å². The van der Waals surface area contributed by atoms with Crippen molar-refractivity contribution in [1.29, 1.82) is 0 Å². The SMILES string of the molecule is CC=C(CCC)OCCOOOOC1CCCCC1.O=P(O)(O)O. The molecule has 1 aliphatic rings. The molecular weight excluding hydrogens is 343 g/mol. The third-order valence-electron chi connectivity index (χ3n) is 3.08. The Bertz CT molecular complexity index is 355. The maximum Gasteiger partial charge on any atom is 0.466 e. The molecular formula is C14H29O9P. The molecule has 0 aromatic rings. The Labute approximate surface area is 142 Å². The zero-order valence-electron chi connectivity index (χ0n) is 14.3. The topological polar surface area (TPSA) is 124 Å². The fourth-order valence-electron chi connectivity index (χ4n) is 2.04. The molecule has 144 valence electrons. The van der Waals surface area contributed by atoms with E-state index in [9.17, 15) is 0 Å². The lowest BCUT2D eigenvalue weighted by molar-refractivity contribution is -0.642. The number of hydrogen-bond acceptors (Lipinski definition) is 6. The summed E-state index contributed by atoms with van der Waals surface area (Å²) in [6.45, 7) is 4.81. The predicted molar refractivity (Wildman–Crippen MR) is 85.0 cm³/mol. The first-order valence-electron chi connectivity index (χ1n) is 8.04. The van der Waals surface area contributed by atoms with Gasteiger partial charge >= 0.3 is 7.82 Å². The molecule has 0 amide bonds. The molecule has 0 atom stereocenters. The van der Waals surface area contributed by atoms with Crippen molar-refractivity contribution in [3.8, 4) is 0 Å². The molecule has 1 aliphatic carbocycles. The van der Waals surface area contributed by atoms with Gasteiger partial charge in [-0.2, -0.15) is 0 Å². The van der Waals surface area contributed by atoms with Crippen LogP contribution >= 0.6 is 7.82 Å². The maximum absolute atomic E-state index is 8.88. The first kappa shape index (κ1) is 23.5. The van der Waals surface area contributed by atoms with Crippen LogP contribution < -0.4 is 0 Å². The minimum atomic E-state index is -4.64. The number of phosphoric acid groups is 1. The number of hydrogen-bond donors (Lipinski definition) is 3. The molecule has 0 aromatic heterocycles. The summed E-state index contributed by atoms with van der Waals surface area (Å²) in [6.07, 6.45) is 9.80. The largest absolute Gasteiger partial charge is 0.496 e. The van der Waals surface area contributed by atoms with Crippen LogP contribution in [-0.2, 0) is 29.2 Å². The van der Waals surface area contributed by atoms with Crippen molar-refractivity contribution in [1.82, 2.24) is 0 Å². The minimum absolute atomic E-state index is 0.132. The van der Waals surface area contributed by atoms with Gasteiger partial charge in [0.15, 0.2) is 0 Å². The second kappa shape index (κ2) is 14.8. The van der Waals surface area contributed by atoms with Crippen molar-refractivity contribution in [3.63, 3.8) is 0 Å². The van der Waals surface area contributed by atoms with E-state index in [0.717, 1.165) is 31.4 Å². The normalized spacial score (nSPS) is 16.5. The second-order valence-corrected chi connectivity index (χ2v) is 6.21. The molecule has 0 spiro atoms. The van der Waals surface area contributed by atoms with Crippen LogP contribution in [0, 0.1) is 0 Å². The first-order valence-corrected chi connectivity index (χ1v) is 9.61. The van der Waals surface area contributed by atoms with Crippen LogP contribution in [0.5, 0.6) is 0 Å². The lowest BCUT2D eigenvalue weighted by atomic mass is 9.98. The average Bonchev–Trinajstić information content (AvgIpc) is 2.52. The highest BCUT2D eigenvalue weighted by Crippen LogP contribution is 2.25. The Hall–Kier alpha value is -0.510. The van der Waals surface area contributed by atoms with Gasteiger partial charge in [-0.3, -0.25) is 0 Å². The maximum atomic E-state index is 8.88. The third-order valence-corrected chi connectivity index (χ3v) is 3.08. The van der Waals surface area contributed by atoms with E-state index in [0.29, 0.717) is 13.2 Å². The van der Waals surface area contributed by atoms with E-state index in [2.05, 4.69) is 17.0 Å². The average molecular weight is 372 g/mol. The molecule has 0 saturated heterocycles. The zero-order chi connectivity index (χ0) is 18.3. The van der Waals surface area contributed by atoms with Crippen LogP contribution in [0.4, 0.5) is 0 Å². The molecule has 1 rings (SSSR count). The second-order valence-electron chi connectivity index (χ2n) is 5.18. The predicted octanol–water partition coefficient (Wildman–Crippen LogP) is 2.92. The van der Waals surface area contributed by atoms with E-state index >= 15 is 0 Å². The highest BCUT2D eigenvalue weighted by molar-refractivity contribution is 7.45. The van der Waals surface area contributed by atoms with Gasteiger partial charge in [-0.25, -0.2) is 14.3 Å². The summed E-state index contributed by atoms with van der Waals surface area (Å²) in [5.41, 5.74) is 0. The van der Waals surface area contributed by atoms with Gasteiger partial charge in [-0.15, -0.1) is 0 Å². The summed E-state index contributed by atoms with van der Waals surface area (Å²) < 4.78 is 14.4. The van der Waals surface area contributed by atoms with Gasteiger partial charge in [0, 0.05) is 6.42 Å². The highest BCUT2D eigenvalue weighted by atomic mass is 31.2. The van der Waals surface area contributed by atoms with Crippen LogP contribution in [0.3, 0.4) is 0 Å². The molecule has 3 N–H and O–H groups in total. The number of rotatable bonds is 10. The van der Waals surface area contributed by atoms with E-state index in [4.69, 9.17) is 33.8 Å². The molecule has 9 nitrogen and oxygen atoms in total. The van der Waals surface area contributed by atoms with Crippen molar-refractivity contribution < 1.29 is 43.8 Å². The van der Waals surface area contributed by atoms with Crippen LogP contribution in [0.1, 0.15) is 58.8 Å². The Morgan fingerprint density at radius 3 is 2.29 bits per heavy atom. The molecule has 0 heterocycles. The number of allylic oxidation sites excluding steroid dienone is 2. The van der Waals surface area contributed by atoms with Gasteiger partial charge < -0.3 is 19.4 Å². The smallest absolute Gasteiger partial charge is 0.466 e. The summed E-state index contributed by atoms with van der Waals surface area (Å²) in [6, 6.07) is 0. The molecule has 10 heteroatoms. The van der Waals surface area contributed by atoms with Gasteiger partial charge in [0.1, 0.15) is 13.2 Å². The molecule has 0 bridgehead atoms. The summed E-state index contributed by atoms with van der Waals surface area (Å²) >= 11 is 0. The summed E-state index contributed by atoms with van der Waals surface area (Å²) in [4.78, 5) is 31.4. The Kier molecular flexibility index (Phi) is 14.5. The van der Waals surface area contributed by atoms with Crippen molar-refractivity contribution in [2.24, 2.45) is 0 Å². The van der Waals surface area contributed by atoms with E-state index in [1.165, 1.54) is 19.3 Å². The highest BCUT2D eigenvalue weighted by Gasteiger charge is 2.15. The van der Waals surface area contributed by atoms with E-state index in [1.54, 1.807) is 0 Å². The van der Waals surface area contributed by atoms with Crippen molar-refractivity contribution in [2.45, 2.75) is 64.9 Å². The van der Waals surface area contributed by atoms with Gasteiger partial charge in [0.25, 0.3) is 0 Å². The monoisotopic (exact) mass is 372 g/mol. The summed E-state index contributed by atoms with van der Waals surface area (Å²) in [5.74, 6) is 0.977. The molecule has 0 radical (unpaired) electrons. The fraction of sp³-hybridized carbons (Fsp3) is 0.857. The van der Waals surface area contributed by atoms with Gasteiger partial charge in [-0.05, 0) is 42.3 Å². The van der Waals surface area contributed by atoms with Gasteiger partial charge in [0.2, 0.25) is 0 Å². The molecule has 1 saturated carbocycles. The third kappa shape index (κ3) is 17.8. The molecule has 24 heavy (non-hydrogen) atoms. The van der Waals surface area contributed by atoms with E-state index in [1.807, 2.05) is 13.0 Å². The van der Waals surface area contributed by atoms with Crippen molar-refractivity contribution in [3.05, 3.63) is 11.8 Å². The Morgan fingerprint density at radius 1 is 1.12 bits per heavy atom. The minimum Gasteiger partial charge on any atom is -0.496 e. The van der Waals surface area contributed by atoms with Crippen molar-refractivity contribution in [2.75, 3.05) is 13.2 Å². The van der Waals surface area contributed by atoms with Crippen LogP contribution in [0.2, 0.25) is 0 Å². The fourth-order valence-corrected chi connectivity index (χ4v) is 2.04. The molecule has 0 unspecified atom stereocenters. The lowest BCUT2D eigenvalue weighted by Crippen LogP contribution is -2.17. The Morgan fingerprint density at radius 2 is 1.75 bits per heavy atom. The first-order chi connectivity index (χ1) is 11.4. The van der Waals surface area contributed by atoms with Crippen LogP contribution in [0.25, 0.3) is 0 Å². The lowest BCUT2D eigenvalue weighted by Gasteiger charge is -2.19. The number of ether oxygens (including phenoxy) is 1. The van der Waals surface area contributed by atoms with E-state index in [-0.39, 0.29) is 6.10 Å². The molecule has 0 aliphatic heterocycles. The van der Waals surface area contributed by atoms with Crippen LogP contribution in [-0.4, -0.2) is 34.0 Å². The van der Waals surface area contributed by atoms with E-state index < -0.39 is 7.82 Å². The van der Waals surface area contributed by atoms with Crippen molar-refractivity contribution >= 4 is 7.82 Å². The zero-order valence-corrected chi connectivity index (χ0v) is 15.2. The van der Waals surface area contributed by atoms with Gasteiger partial charge in [-0.1, -0.05) is 26.2 Å². The quantitative estimate of drug-likeness (QED) is 0.174.